The molecule has 1 aliphatic heterocycles. The van der Waals surface area contributed by atoms with E-state index in [1.54, 1.807) is 12.1 Å². The van der Waals surface area contributed by atoms with Crippen LogP contribution in [0.1, 0.15) is 0 Å². The molecule has 5 nitrogen and oxygen atoms in total. The van der Waals surface area contributed by atoms with E-state index in [0.29, 0.717) is 0 Å². The van der Waals surface area contributed by atoms with Crippen LogP contribution in [0.2, 0.25) is 0 Å². The highest BCUT2D eigenvalue weighted by Gasteiger charge is 2.29. The number of nitro groups is 1. The maximum absolute atomic E-state index is 11.1. The lowest BCUT2D eigenvalue weighted by Crippen LogP contribution is -2.11. The van der Waals surface area contributed by atoms with Gasteiger partial charge in [0, 0.05) is 0 Å². The maximum atomic E-state index is 11.1. The quantitative estimate of drug-likeness (QED) is 0.624. The van der Waals surface area contributed by atoms with Gasteiger partial charge in [0.1, 0.15) is 8.97 Å². The molecule has 0 unspecified atom stereocenters. The van der Waals surface area contributed by atoms with Crippen LogP contribution in [0.25, 0.3) is 0 Å². The van der Waals surface area contributed by atoms with Gasteiger partial charge in [-0.15, -0.1) is 0 Å². The van der Waals surface area contributed by atoms with Crippen molar-refractivity contribution >= 4 is 50.5 Å². The molecule has 0 aromatic heterocycles. The molecule has 0 saturated carbocycles. The average molecular weight is 351 g/mol. The summed E-state index contributed by atoms with van der Waals surface area (Å²) in [7, 11) is 0. The fraction of sp³-hybridized carbons (Fsp3) is 0. The van der Waals surface area contributed by atoms with Gasteiger partial charge in [-0.3, -0.25) is 10.1 Å². The predicted molar refractivity (Wildman–Crippen MR) is 75.4 cm³/mol. The van der Waals surface area contributed by atoms with Gasteiger partial charge in [-0.2, -0.15) is 0 Å². The molecule has 0 radical (unpaired) electrons. The van der Waals surface area contributed by atoms with E-state index in [9.17, 15) is 10.1 Å². The SMILES string of the molecule is O=[N+]([O-])C(=C1Nc2ccccc2N1)/C(Cl)=C(\Cl)Br. The Balaban J connectivity index is 2.49. The second-order valence-corrected chi connectivity index (χ2v) is 5.36. The molecule has 1 heterocycles. The van der Waals surface area contributed by atoms with Crippen LogP contribution < -0.4 is 10.6 Å². The van der Waals surface area contributed by atoms with Crippen molar-refractivity contribution in [1.82, 2.24) is 0 Å². The molecule has 0 amide bonds. The van der Waals surface area contributed by atoms with Crippen molar-refractivity contribution < 1.29 is 4.92 Å². The fourth-order valence-corrected chi connectivity index (χ4v) is 1.93. The topological polar surface area (TPSA) is 67.2 Å². The summed E-state index contributed by atoms with van der Waals surface area (Å²) >= 11 is 14.4. The number of hydrogen-bond donors (Lipinski definition) is 2. The van der Waals surface area contributed by atoms with Gasteiger partial charge in [-0.1, -0.05) is 35.3 Å². The number of rotatable bonds is 2. The first-order valence-electron chi connectivity index (χ1n) is 4.73. The largest absolute Gasteiger partial charge is 0.334 e. The van der Waals surface area contributed by atoms with Gasteiger partial charge >= 0.3 is 5.70 Å². The highest BCUT2D eigenvalue weighted by Crippen LogP contribution is 2.35. The molecule has 0 fully saturated rings. The van der Waals surface area contributed by atoms with Crippen LogP contribution in [-0.4, -0.2) is 4.92 Å². The van der Waals surface area contributed by atoms with E-state index < -0.39 is 4.92 Å². The number of halogens is 3. The Kier molecular flexibility index (Phi) is 3.79. The van der Waals surface area contributed by atoms with E-state index in [2.05, 4.69) is 26.6 Å². The molecule has 94 valence electrons. The predicted octanol–water partition coefficient (Wildman–Crippen LogP) is 4.01. The van der Waals surface area contributed by atoms with Crippen LogP contribution in [0.15, 0.2) is 44.8 Å². The van der Waals surface area contributed by atoms with E-state index in [0.717, 1.165) is 11.4 Å². The first-order chi connectivity index (χ1) is 8.50. The summed E-state index contributed by atoms with van der Waals surface area (Å²) in [6.07, 6.45) is 0. The number of nitrogens with zero attached hydrogens (tertiary/aromatic N) is 1. The number of allylic oxidation sites excluding steroid dienone is 1. The van der Waals surface area contributed by atoms with Crippen LogP contribution >= 0.6 is 39.1 Å². The van der Waals surface area contributed by atoms with Crippen molar-refractivity contribution in [3.05, 3.63) is 54.9 Å². The molecule has 0 bridgehead atoms. The van der Waals surface area contributed by atoms with Crippen LogP contribution in [0, 0.1) is 10.1 Å². The monoisotopic (exact) mass is 349 g/mol. The second kappa shape index (κ2) is 5.17. The molecular formula is C10H6BrCl2N3O2. The zero-order valence-corrected chi connectivity index (χ0v) is 11.8. The molecule has 0 spiro atoms. The summed E-state index contributed by atoms with van der Waals surface area (Å²) < 4.78 is -0.0251. The molecule has 0 saturated heterocycles. The minimum atomic E-state index is -0.604. The second-order valence-electron chi connectivity index (χ2n) is 3.35. The average Bonchev–Trinajstić information content (AvgIpc) is 2.71. The number of fused-ring (bicyclic) bond motifs is 1. The highest BCUT2D eigenvalue weighted by atomic mass is 79.9. The van der Waals surface area contributed by atoms with Crippen LogP contribution in [0.3, 0.4) is 0 Å². The van der Waals surface area contributed by atoms with E-state index in [1.165, 1.54) is 0 Å². The van der Waals surface area contributed by atoms with E-state index in [-0.39, 0.29) is 20.5 Å². The molecule has 0 aliphatic carbocycles. The first-order valence-corrected chi connectivity index (χ1v) is 6.28. The number of anilines is 2. The third-order valence-electron chi connectivity index (χ3n) is 2.24. The van der Waals surface area contributed by atoms with Crippen molar-refractivity contribution in [3.8, 4) is 0 Å². The lowest BCUT2D eigenvalue weighted by molar-refractivity contribution is -0.420. The van der Waals surface area contributed by atoms with Gasteiger partial charge in [0.2, 0.25) is 0 Å². The van der Waals surface area contributed by atoms with Crippen LogP contribution in [0.4, 0.5) is 11.4 Å². The van der Waals surface area contributed by atoms with E-state index in [4.69, 9.17) is 23.2 Å². The summed E-state index contributed by atoms with van der Waals surface area (Å²) in [6.45, 7) is 0. The summed E-state index contributed by atoms with van der Waals surface area (Å²) in [6, 6.07) is 7.22. The Hall–Kier alpha value is -1.24. The Labute approximate surface area is 121 Å². The Morgan fingerprint density at radius 1 is 1.22 bits per heavy atom. The summed E-state index contributed by atoms with van der Waals surface area (Å²) in [4.78, 5) is 10.4. The van der Waals surface area contributed by atoms with Crippen molar-refractivity contribution in [2.24, 2.45) is 0 Å². The van der Waals surface area contributed by atoms with Gasteiger partial charge in [0.25, 0.3) is 0 Å². The number of hydrogen-bond acceptors (Lipinski definition) is 4. The zero-order chi connectivity index (χ0) is 13.3. The van der Waals surface area contributed by atoms with Gasteiger partial charge in [0.15, 0.2) is 5.82 Å². The van der Waals surface area contributed by atoms with Gasteiger partial charge in [0.05, 0.1) is 16.3 Å². The third kappa shape index (κ3) is 2.45. The van der Waals surface area contributed by atoms with Crippen LogP contribution in [-0.2, 0) is 0 Å². The Morgan fingerprint density at radius 2 is 1.72 bits per heavy atom. The summed E-state index contributed by atoms with van der Waals surface area (Å²) in [5.74, 6) is 0.184. The van der Waals surface area contributed by atoms with Crippen molar-refractivity contribution in [2.45, 2.75) is 0 Å². The molecule has 2 N–H and O–H groups in total. The molecule has 1 aromatic rings. The van der Waals surface area contributed by atoms with Crippen LogP contribution in [0.5, 0.6) is 0 Å². The molecule has 1 aromatic carbocycles. The summed E-state index contributed by atoms with van der Waals surface area (Å²) in [5.41, 5.74) is 1.15. The minimum Gasteiger partial charge on any atom is -0.334 e. The number of benzene rings is 1. The van der Waals surface area contributed by atoms with Gasteiger partial charge in [-0.25, -0.2) is 0 Å². The van der Waals surface area contributed by atoms with Gasteiger partial charge < -0.3 is 10.6 Å². The normalized spacial score (nSPS) is 14.3. The van der Waals surface area contributed by atoms with Crippen molar-refractivity contribution in [1.29, 1.82) is 0 Å². The third-order valence-corrected chi connectivity index (χ3v) is 3.52. The van der Waals surface area contributed by atoms with Gasteiger partial charge in [-0.05, 0) is 28.1 Å². The lowest BCUT2D eigenvalue weighted by atomic mass is 10.3. The first kappa shape index (κ1) is 13.2. The smallest absolute Gasteiger partial charge is 0.330 e. The molecule has 1 aliphatic rings. The minimum absolute atomic E-state index is 0.0251. The van der Waals surface area contributed by atoms with Crippen molar-refractivity contribution in [3.63, 3.8) is 0 Å². The molecule has 0 atom stereocenters. The highest BCUT2D eigenvalue weighted by molar-refractivity contribution is 9.12. The molecular weight excluding hydrogens is 345 g/mol. The number of para-hydroxylation sites is 2. The zero-order valence-electron chi connectivity index (χ0n) is 8.71. The van der Waals surface area contributed by atoms with E-state index >= 15 is 0 Å². The van der Waals surface area contributed by atoms with E-state index in [1.807, 2.05) is 12.1 Å². The Morgan fingerprint density at radius 3 is 2.11 bits per heavy atom. The van der Waals surface area contributed by atoms with Crippen molar-refractivity contribution in [2.75, 3.05) is 10.6 Å². The molecule has 8 heteroatoms. The lowest BCUT2D eigenvalue weighted by Gasteiger charge is -2.03. The standard InChI is InChI=1S/C10H6BrCl2N3O2/c11-9(13)7(12)8(16(17)18)10-14-5-3-1-2-4-6(5)15-10/h1-4,14-15H/b9-7+. The maximum Gasteiger partial charge on any atom is 0.330 e. The molecule has 2 rings (SSSR count). The summed E-state index contributed by atoms with van der Waals surface area (Å²) in [5, 5.41) is 16.6. The Bertz CT molecular complexity index is 555. The molecule has 18 heavy (non-hydrogen) atoms. The fourth-order valence-electron chi connectivity index (χ4n) is 1.49. The number of nitrogens with one attached hydrogen (secondary N) is 2.